The molecule has 0 spiro atoms. The normalized spacial score (nSPS) is 19.0. The first kappa shape index (κ1) is 26.2. The van der Waals surface area contributed by atoms with Gasteiger partial charge in [-0.15, -0.1) is 11.6 Å². The van der Waals surface area contributed by atoms with Crippen molar-refractivity contribution in [3.05, 3.63) is 77.5 Å². The Morgan fingerprint density at radius 2 is 1.86 bits per heavy atom. The van der Waals surface area contributed by atoms with Gasteiger partial charge in [0.05, 0.1) is 23.1 Å². The number of hydrogen-bond acceptors (Lipinski definition) is 5. The molecule has 5 nitrogen and oxygen atoms in total. The Hall–Kier alpha value is -2.88. The number of anilines is 1. The van der Waals surface area contributed by atoms with Crippen LogP contribution in [0, 0.1) is 11.6 Å². The summed E-state index contributed by atoms with van der Waals surface area (Å²) < 4.78 is 55.8. The lowest BCUT2D eigenvalue weighted by atomic mass is 9.83. The van der Waals surface area contributed by atoms with Gasteiger partial charge in [0.1, 0.15) is 11.9 Å². The summed E-state index contributed by atoms with van der Waals surface area (Å²) in [7, 11) is 0. The number of rotatable bonds is 8. The number of benzene rings is 2. The van der Waals surface area contributed by atoms with Crippen molar-refractivity contribution >= 4 is 17.3 Å². The molecule has 0 aliphatic carbocycles. The molecule has 0 saturated carbocycles. The van der Waals surface area contributed by atoms with E-state index in [1.54, 1.807) is 0 Å². The van der Waals surface area contributed by atoms with Crippen LogP contribution in [-0.2, 0) is 12.4 Å². The monoisotopic (exact) mass is 523 g/mol. The molecular weight excluding hydrogens is 498 g/mol. The van der Waals surface area contributed by atoms with E-state index in [-0.39, 0.29) is 23.7 Å². The third-order valence-corrected chi connectivity index (χ3v) is 6.87. The summed E-state index contributed by atoms with van der Waals surface area (Å²) in [5.74, 6) is -2.64. The van der Waals surface area contributed by atoms with Crippen molar-refractivity contribution in [1.82, 2.24) is 10.3 Å². The number of nitrogens with zero attached hydrogens (tertiary/aromatic N) is 2. The SMILES string of the molecule is Oc1cc(F)c(-c2cc(CCl)c(N3CCC[C@](NCc4ccccc4)([C@H](O)C(F)F)C3)cn2)cc1F. The predicted octanol–water partition coefficient (Wildman–Crippen LogP) is 5.23. The first-order chi connectivity index (χ1) is 17.2. The lowest BCUT2D eigenvalue weighted by molar-refractivity contribution is -0.0657. The second-order valence-electron chi connectivity index (χ2n) is 8.92. The molecule has 0 amide bonds. The van der Waals surface area contributed by atoms with E-state index in [0.717, 1.165) is 11.6 Å². The fourth-order valence-corrected chi connectivity index (χ4v) is 4.87. The fraction of sp³-hybridized carbons (Fsp3) is 0.346. The molecule has 0 radical (unpaired) electrons. The molecule has 1 aliphatic heterocycles. The van der Waals surface area contributed by atoms with E-state index in [4.69, 9.17) is 11.6 Å². The van der Waals surface area contributed by atoms with Crippen LogP contribution in [0.2, 0.25) is 0 Å². The molecule has 1 fully saturated rings. The van der Waals surface area contributed by atoms with Crippen LogP contribution < -0.4 is 10.2 Å². The second kappa shape index (κ2) is 11.0. The largest absolute Gasteiger partial charge is 0.505 e. The molecule has 4 rings (SSSR count). The van der Waals surface area contributed by atoms with E-state index < -0.39 is 35.5 Å². The maximum absolute atomic E-state index is 14.4. The lowest BCUT2D eigenvalue weighted by Gasteiger charge is -2.47. The first-order valence-electron chi connectivity index (χ1n) is 11.5. The minimum absolute atomic E-state index is 0.00534. The number of halogens is 5. The zero-order valence-electron chi connectivity index (χ0n) is 19.3. The quantitative estimate of drug-likeness (QED) is 0.279. The molecule has 1 aromatic heterocycles. The molecule has 2 heterocycles. The second-order valence-corrected chi connectivity index (χ2v) is 9.18. The molecule has 1 aliphatic rings. The van der Waals surface area contributed by atoms with Crippen LogP contribution in [0.3, 0.4) is 0 Å². The van der Waals surface area contributed by atoms with Crippen molar-refractivity contribution in [3.63, 3.8) is 0 Å². The average Bonchev–Trinajstić information content (AvgIpc) is 2.89. The third-order valence-electron chi connectivity index (χ3n) is 6.58. The number of hydrogen-bond donors (Lipinski definition) is 3. The van der Waals surface area contributed by atoms with Gasteiger partial charge in [0.2, 0.25) is 0 Å². The Bertz CT molecular complexity index is 1200. The highest BCUT2D eigenvalue weighted by atomic mass is 35.5. The molecule has 2 aromatic carbocycles. The van der Waals surface area contributed by atoms with Gasteiger partial charge in [0.15, 0.2) is 11.6 Å². The van der Waals surface area contributed by atoms with Gasteiger partial charge in [-0.1, -0.05) is 30.3 Å². The topological polar surface area (TPSA) is 68.6 Å². The molecule has 192 valence electrons. The number of phenolic OH excluding ortho intramolecular Hbond substituents is 1. The zero-order chi connectivity index (χ0) is 25.9. The summed E-state index contributed by atoms with van der Waals surface area (Å²) in [5.41, 5.74) is 0.667. The summed E-state index contributed by atoms with van der Waals surface area (Å²) in [6, 6.07) is 12.3. The van der Waals surface area contributed by atoms with Gasteiger partial charge in [-0.3, -0.25) is 4.98 Å². The molecule has 36 heavy (non-hydrogen) atoms. The number of aromatic nitrogens is 1. The minimum Gasteiger partial charge on any atom is -0.505 e. The van der Waals surface area contributed by atoms with Crippen LogP contribution in [0.25, 0.3) is 11.3 Å². The van der Waals surface area contributed by atoms with E-state index in [1.165, 1.54) is 12.3 Å². The summed E-state index contributed by atoms with van der Waals surface area (Å²) in [6.45, 7) is 0.875. The summed E-state index contributed by atoms with van der Waals surface area (Å²) in [4.78, 5) is 6.09. The number of alkyl halides is 3. The molecule has 3 aromatic rings. The van der Waals surface area contributed by atoms with Gasteiger partial charge < -0.3 is 20.4 Å². The number of nitrogens with one attached hydrogen (secondary N) is 1. The van der Waals surface area contributed by atoms with Crippen LogP contribution in [0.4, 0.5) is 23.2 Å². The van der Waals surface area contributed by atoms with Crippen LogP contribution in [-0.4, -0.2) is 46.4 Å². The third kappa shape index (κ3) is 5.43. The van der Waals surface area contributed by atoms with Crippen molar-refractivity contribution in [1.29, 1.82) is 0 Å². The van der Waals surface area contributed by atoms with Crippen LogP contribution >= 0.6 is 11.6 Å². The van der Waals surface area contributed by atoms with Gasteiger partial charge in [-0.25, -0.2) is 17.6 Å². The Morgan fingerprint density at radius 3 is 2.56 bits per heavy atom. The number of aliphatic hydroxyl groups excluding tert-OH is 1. The van der Waals surface area contributed by atoms with Crippen molar-refractivity contribution in [2.75, 3.05) is 18.0 Å². The van der Waals surface area contributed by atoms with Crippen LogP contribution in [0.1, 0.15) is 24.0 Å². The molecule has 0 bridgehead atoms. The highest BCUT2D eigenvalue weighted by molar-refractivity contribution is 6.17. The minimum atomic E-state index is -2.95. The Labute approximate surface area is 211 Å². The van der Waals surface area contributed by atoms with Gasteiger partial charge >= 0.3 is 0 Å². The van der Waals surface area contributed by atoms with E-state index >= 15 is 0 Å². The molecule has 0 unspecified atom stereocenters. The maximum atomic E-state index is 14.4. The maximum Gasteiger partial charge on any atom is 0.265 e. The number of piperidine rings is 1. The summed E-state index contributed by atoms with van der Waals surface area (Å²) in [6.07, 6.45) is -2.56. The first-order valence-corrected chi connectivity index (χ1v) is 12.0. The molecule has 2 atom stereocenters. The van der Waals surface area contributed by atoms with Crippen LogP contribution in [0.5, 0.6) is 5.75 Å². The Kier molecular flexibility index (Phi) is 8.02. The average molecular weight is 524 g/mol. The molecule has 3 N–H and O–H groups in total. The number of aliphatic hydroxyl groups is 1. The Morgan fingerprint density at radius 1 is 1.11 bits per heavy atom. The molecular formula is C26H26ClF4N3O2. The van der Waals surface area contributed by atoms with Gasteiger partial charge in [0.25, 0.3) is 6.43 Å². The Balaban J connectivity index is 1.64. The smallest absolute Gasteiger partial charge is 0.265 e. The van der Waals surface area contributed by atoms with E-state index in [9.17, 15) is 27.8 Å². The number of aromatic hydroxyl groups is 1. The zero-order valence-corrected chi connectivity index (χ0v) is 20.0. The number of phenols is 1. The van der Waals surface area contributed by atoms with E-state index in [1.807, 2.05) is 35.2 Å². The summed E-state index contributed by atoms with van der Waals surface area (Å²) in [5, 5.41) is 23.1. The van der Waals surface area contributed by atoms with Crippen molar-refractivity contribution in [2.24, 2.45) is 0 Å². The highest BCUT2D eigenvalue weighted by Crippen LogP contribution is 2.35. The lowest BCUT2D eigenvalue weighted by Crippen LogP contribution is -2.65. The number of pyridine rings is 1. The van der Waals surface area contributed by atoms with Crippen LogP contribution in [0.15, 0.2) is 54.7 Å². The van der Waals surface area contributed by atoms with Crippen molar-refractivity contribution in [2.45, 2.75) is 43.3 Å². The summed E-state index contributed by atoms with van der Waals surface area (Å²) >= 11 is 6.19. The fourth-order valence-electron chi connectivity index (χ4n) is 4.66. The highest BCUT2D eigenvalue weighted by Gasteiger charge is 2.46. The predicted molar refractivity (Wildman–Crippen MR) is 130 cm³/mol. The molecule has 1 saturated heterocycles. The molecule has 10 heteroatoms. The van der Waals surface area contributed by atoms with Gasteiger partial charge in [0, 0.05) is 37.1 Å². The van der Waals surface area contributed by atoms with Crippen molar-refractivity contribution < 1.29 is 27.8 Å². The van der Waals surface area contributed by atoms with Gasteiger partial charge in [-0.05, 0) is 36.1 Å². The van der Waals surface area contributed by atoms with E-state index in [2.05, 4.69) is 10.3 Å². The van der Waals surface area contributed by atoms with Crippen molar-refractivity contribution in [3.8, 4) is 17.0 Å². The van der Waals surface area contributed by atoms with Gasteiger partial charge in [-0.2, -0.15) is 0 Å². The standard InChI is InChI=1S/C26H26ClF4N3O2/c27-12-17-9-21(18-10-20(29)23(35)11-19(18)28)32-14-22(17)34-8-4-7-26(15-34,24(36)25(30)31)33-13-16-5-2-1-3-6-16/h1-3,5-6,9-11,14,24-25,33,35-36H,4,7-8,12-13,15H2/t24-,26-/m1/s1. The van der Waals surface area contributed by atoms with E-state index in [0.29, 0.717) is 43.2 Å².